The molecule has 0 aliphatic carbocycles. The van der Waals surface area contributed by atoms with Gasteiger partial charge in [0.15, 0.2) is 0 Å². The Balaban J connectivity index is 1.73. The third-order valence-corrected chi connectivity index (χ3v) is 6.14. The average molecular weight is 339 g/mol. The summed E-state index contributed by atoms with van der Waals surface area (Å²) in [5, 5.41) is 22.8. The molecule has 1 saturated heterocycles. The maximum atomic E-state index is 12.8. The lowest BCUT2D eigenvalue weighted by Gasteiger charge is -2.26. The van der Waals surface area contributed by atoms with Gasteiger partial charge in [-0.1, -0.05) is 18.2 Å². The van der Waals surface area contributed by atoms with E-state index in [2.05, 4.69) is 33.4 Å². The lowest BCUT2D eigenvalue weighted by atomic mass is 9.74. The largest absolute Gasteiger partial charge is 0.325 e. The van der Waals surface area contributed by atoms with Crippen molar-refractivity contribution >= 4 is 22.9 Å². The Morgan fingerprint density at radius 2 is 2.25 bits per heavy atom. The molecule has 1 amide bonds. The van der Waals surface area contributed by atoms with E-state index in [0.29, 0.717) is 13.1 Å². The number of nitrogens with zero attached hydrogens (tertiary/aromatic N) is 4. The van der Waals surface area contributed by atoms with Crippen molar-refractivity contribution in [1.29, 1.82) is 5.26 Å². The predicted octanol–water partition coefficient (Wildman–Crippen LogP) is 2.25. The van der Waals surface area contributed by atoms with Gasteiger partial charge in [0.25, 0.3) is 0 Å². The zero-order chi connectivity index (χ0) is 16.9. The Hall–Kier alpha value is -2.30. The summed E-state index contributed by atoms with van der Waals surface area (Å²) in [6.45, 7) is 5.07. The monoisotopic (exact) mass is 339 g/mol. The zero-order valence-corrected chi connectivity index (χ0v) is 14.3. The van der Waals surface area contributed by atoms with E-state index in [9.17, 15) is 10.1 Å². The molecule has 2 aliphatic rings. The van der Waals surface area contributed by atoms with Crippen molar-refractivity contribution in [3.63, 3.8) is 0 Å². The number of nitrogens with one attached hydrogen (secondary N) is 1. The molecular formula is C17H17N5OS. The van der Waals surface area contributed by atoms with E-state index in [4.69, 9.17) is 0 Å². The number of hydrogen-bond acceptors (Lipinski definition) is 6. The van der Waals surface area contributed by atoms with Crippen LogP contribution in [0.4, 0.5) is 5.69 Å². The molecule has 6 nitrogen and oxygen atoms in total. The third-order valence-electron chi connectivity index (χ3n) is 5.13. The van der Waals surface area contributed by atoms with Crippen LogP contribution in [0.1, 0.15) is 28.5 Å². The van der Waals surface area contributed by atoms with Gasteiger partial charge >= 0.3 is 0 Å². The number of aryl methyl sites for hydroxylation is 1. The summed E-state index contributed by atoms with van der Waals surface area (Å²) in [6.07, 6.45) is 0. The number of fused-ring (bicyclic) bond motifs is 2. The summed E-state index contributed by atoms with van der Waals surface area (Å²) in [7, 11) is 0. The van der Waals surface area contributed by atoms with Crippen molar-refractivity contribution in [1.82, 2.24) is 15.1 Å². The molecule has 0 unspecified atom stereocenters. The number of nitriles is 1. The van der Waals surface area contributed by atoms with E-state index in [-0.39, 0.29) is 17.9 Å². The number of carbonyl (C=O) groups is 1. The van der Waals surface area contributed by atoms with Crippen LogP contribution in [-0.4, -0.2) is 34.1 Å². The van der Waals surface area contributed by atoms with E-state index < -0.39 is 5.41 Å². The maximum absolute atomic E-state index is 12.8. The molecule has 1 N–H and O–H groups in total. The number of rotatable bonds is 2. The van der Waals surface area contributed by atoms with Gasteiger partial charge in [-0.3, -0.25) is 9.69 Å². The van der Waals surface area contributed by atoms with Gasteiger partial charge in [-0.05, 0) is 25.5 Å². The summed E-state index contributed by atoms with van der Waals surface area (Å²) in [4.78, 5) is 15.0. The number of para-hydroxylation sites is 1. The van der Waals surface area contributed by atoms with Gasteiger partial charge in [-0.25, -0.2) is 0 Å². The highest BCUT2D eigenvalue weighted by molar-refractivity contribution is 7.11. The maximum Gasteiger partial charge on any atom is 0.237 e. The second-order valence-corrected chi connectivity index (χ2v) is 7.63. The van der Waals surface area contributed by atoms with Crippen LogP contribution in [0.15, 0.2) is 24.3 Å². The topological polar surface area (TPSA) is 81.9 Å². The summed E-state index contributed by atoms with van der Waals surface area (Å²) in [5.74, 6) is -0.448. The number of benzene rings is 1. The van der Waals surface area contributed by atoms with Gasteiger partial charge in [-0.15, -0.1) is 21.5 Å². The minimum absolute atomic E-state index is 0.0342. The lowest BCUT2D eigenvalue weighted by Crippen LogP contribution is -2.42. The van der Waals surface area contributed by atoms with Crippen molar-refractivity contribution in [2.75, 3.05) is 18.4 Å². The molecule has 24 heavy (non-hydrogen) atoms. The standard InChI is InChI=1S/C17H17N5OS/c1-10(15-21-20-11(2)24-15)22-8-12(7-18)17(9-22)13-5-3-4-6-14(13)19-16(17)23/h3-6,10,12H,8-9H2,1-2H3,(H,19,23)/t10-,12-,17+/m0/s1. The molecule has 3 atom stereocenters. The Morgan fingerprint density at radius 3 is 2.96 bits per heavy atom. The fourth-order valence-corrected chi connectivity index (χ4v) is 4.59. The number of anilines is 1. The highest BCUT2D eigenvalue weighted by Gasteiger charge is 2.58. The fraction of sp³-hybridized carbons (Fsp3) is 0.412. The molecule has 1 fully saturated rings. The van der Waals surface area contributed by atoms with Crippen LogP contribution >= 0.6 is 11.3 Å². The van der Waals surface area contributed by atoms with Crippen LogP contribution < -0.4 is 5.32 Å². The van der Waals surface area contributed by atoms with Gasteiger partial charge in [0, 0.05) is 18.8 Å². The summed E-state index contributed by atoms with van der Waals surface area (Å²) >= 11 is 1.56. The molecule has 3 heterocycles. The van der Waals surface area contributed by atoms with Crippen LogP contribution in [0.3, 0.4) is 0 Å². The smallest absolute Gasteiger partial charge is 0.237 e. The molecule has 2 aliphatic heterocycles. The first kappa shape index (κ1) is 15.2. The fourth-order valence-electron chi connectivity index (χ4n) is 3.81. The van der Waals surface area contributed by atoms with Crippen LogP contribution in [0.25, 0.3) is 0 Å². The van der Waals surface area contributed by atoms with Crippen molar-refractivity contribution in [2.24, 2.45) is 5.92 Å². The second-order valence-electron chi connectivity index (χ2n) is 6.42. The third kappa shape index (κ3) is 2.00. The normalized spacial score (nSPS) is 27.0. The first-order chi connectivity index (χ1) is 11.6. The Morgan fingerprint density at radius 1 is 1.46 bits per heavy atom. The number of amides is 1. The lowest BCUT2D eigenvalue weighted by molar-refractivity contribution is -0.121. The zero-order valence-electron chi connectivity index (χ0n) is 13.5. The SMILES string of the molecule is Cc1nnc([C@H](C)N2C[C@H](C#N)[C@@]3(C2)C(=O)Nc2ccccc23)s1. The van der Waals surface area contributed by atoms with Crippen LogP contribution in [0.5, 0.6) is 0 Å². The molecule has 0 saturated carbocycles. The average Bonchev–Trinajstić information content (AvgIpc) is 3.25. The highest BCUT2D eigenvalue weighted by atomic mass is 32.1. The molecule has 7 heteroatoms. The van der Waals surface area contributed by atoms with Crippen molar-refractivity contribution < 1.29 is 4.79 Å². The highest BCUT2D eigenvalue weighted by Crippen LogP contribution is 2.48. The van der Waals surface area contributed by atoms with E-state index in [1.54, 1.807) is 11.3 Å². The van der Waals surface area contributed by atoms with E-state index in [1.165, 1.54) is 0 Å². The first-order valence-corrected chi connectivity index (χ1v) is 8.72. The summed E-state index contributed by atoms with van der Waals surface area (Å²) in [5.41, 5.74) is 0.966. The van der Waals surface area contributed by atoms with Gasteiger partial charge in [0.1, 0.15) is 15.4 Å². The minimum atomic E-state index is -0.792. The van der Waals surface area contributed by atoms with Crippen molar-refractivity contribution in [3.05, 3.63) is 39.8 Å². The second kappa shape index (κ2) is 5.36. The molecule has 4 rings (SSSR count). The van der Waals surface area contributed by atoms with Gasteiger partial charge < -0.3 is 5.32 Å². The number of hydrogen-bond donors (Lipinski definition) is 1. The molecule has 0 bridgehead atoms. The Labute approximate surface area is 144 Å². The van der Waals surface area contributed by atoms with Gasteiger partial charge in [0.05, 0.1) is 18.0 Å². The molecule has 1 aromatic carbocycles. The molecule has 1 aromatic heterocycles. The Kier molecular flexibility index (Phi) is 3.41. The van der Waals surface area contributed by atoms with E-state index in [0.717, 1.165) is 21.3 Å². The van der Waals surface area contributed by atoms with Gasteiger partial charge in [-0.2, -0.15) is 5.26 Å². The van der Waals surface area contributed by atoms with E-state index in [1.807, 2.05) is 31.2 Å². The number of likely N-dealkylation sites (tertiary alicyclic amines) is 1. The summed E-state index contributed by atoms with van der Waals surface area (Å²) < 4.78 is 0. The number of carbonyl (C=O) groups excluding carboxylic acids is 1. The predicted molar refractivity (Wildman–Crippen MR) is 90.5 cm³/mol. The van der Waals surface area contributed by atoms with Gasteiger partial charge in [0.2, 0.25) is 5.91 Å². The van der Waals surface area contributed by atoms with Crippen molar-refractivity contribution in [3.8, 4) is 6.07 Å². The van der Waals surface area contributed by atoms with E-state index >= 15 is 0 Å². The molecule has 1 spiro atoms. The van der Waals surface area contributed by atoms with Crippen LogP contribution in [-0.2, 0) is 10.2 Å². The minimum Gasteiger partial charge on any atom is -0.325 e. The van der Waals surface area contributed by atoms with Crippen LogP contribution in [0.2, 0.25) is 0 Å². The molecule has 2 aromatic rings. The number of aromatic nitrogens is 2. The first-order valence-electron chi connectivity index (χ1n) is 7.91. The summed E-state index contributed by atoms with van der Waals surface area (Å²) in [6, 6.07) is 10.1. The van der Waals surface area contributed by atoms with Crippen LogP contribution in [0, 0.1) is 24.2 Å². The van der Waals surface area contributed by atoms with Crippen molar-refractivity contribution in [2.45, 2.75) is 25.3 Å². The quantitative estimate of drug-likeness (QED) is 0.907. The Bertz CT molecular complexity index is 857. The molecular weight excluding hydrogens is 322 g/mol. The molecule has 122 valence electrons. The molecule has 0 radical (unpaired) electrons.